The topological polar surface area (TPSA) is 107 Å². The second-order valence-electron chi connectivity index (χ2n) is 6.80. The quantitative estimate of drug-likeness (QED) is 0.485. The first-order chi connectivity index (χ1) is 14.7. The smallest absolute Gasteiger partial charge is 0.241 e. The molecule has 0 bridgehead atoms. The van der Waals surface area contributed by atoms with Crippen LogP contribution in [0.3, 0.4) is 0 Å². The molecular weight excluding hydrogens is 380 g/mol. The molecule has 5 aromatic rings. The minimum atomic E-state index is -0.0415. The van der Waals surface area contributed by atoms with Crippen LogP contribution in [0, 0.1) is 0 Å². The SMILES string of the molecule is CCc1nc(O)c2c(ncn2Cc2ccc(-c3ccccc3-n3ncnn3)cc2)n1. The molecule has 0 amide bonds. The third kappa shape index (κ3) is 3.16. The number of fused-ring (bicyclic) bond motifs is 1. The Bertz CT molecular complexity index is 1310. The predicted octanol–water partition coefficient (Wildman–Crippen LogP) is 2.79. The molecule has 0 unspecified atom stereocenters. The number of aryl methyl sites for hydroxylation is 1. The summed E-state index contributed by atoms with van der Waals surface area (Å²) >= 11 is 0. The van der Waals surface area contributed by atoms with E-state index >= 15 is 0 Å². The summed E-state index contributed by atoms with van der Waals surface area (Å²) in [5, 5.41) is 22.2. The number of para-hydroxylation sites is 1. The van der Waals surface area contributed by atoms with Crippen molar-refractivity contribution < 1.29 is 5.11 Å². The Balaban J connectivity index is 1.46. The average molecular weight is 398 g/mol. The lowest BCUT2D eigenvalue weighted by atomic mass is 10.0. The van der Waals surface area contributed by atoms with Gasteiger partial charge < -0.3 is 9.67 Å². The summed E-state index contributed by atoms with van der Waals surface area (Å²) in [7, 11) is 0. The minimum Gasteiger partial charge on any atom is -0.492 e. The van der Waals surface area contributed by atoms with Crippen molar-refractivity contribution in [2.75, 3.05) is 0 Å². The van der Waals surface area contributed by atoms with E-state index in [0.29, 0.717) is 30.0 Å². The standard InChI is InChI=1S/C21H18N8O/c1-2-18-25-20-19(21(30)26-18)28(13-22-20)11-14-7-9-15(10-8-14)16-5-3-4-6-17(16)29-24-12-23-27-29/h3-10,12-13H,2,11H2,1H3,(H,25,26,30). The molecule has 0 aliphatic rings. The van der Waals surface area contributed by atoms with Crippen molar-refractivity contribution in [1.82, 2.24) is 39.7 Å². The first kappa shape index (κ1) is 17.9. The maximum Gasteiger partial charge on any atom is 0.241 e. The number of hydrogen-bond donors (Lipinski definition) is 1. The minimum absolute atomic E-state index is 0.0415. The molecule has 9 heteroatoms. The molecule has 2 aromatic carbocycles. The fourth-order valence-corrected chi connectivity index (χ4v) is 3.44. The number of benzene rings is 2. The molecule has 9 nitrogen and oxygen atoms in total. The molecule has 3 heterocycles. The van der Waals surface area contributed by atoms with Gasteiger partial charge >= 0.3 is 0 Å². The molecule has 0 saturated carbocycles. The highest BCUT2D eigenvalue weighted by molar-refractivity contribution is 5.76. The summed E-state index contributed by atoms with van der Waals surface area (Å²) in [6, 6.07) is 16.1. The van der Waals surface area contributed by atoms with Crippen LogP contribution in [0.25, 0.3) is 28.0 Å². The Morgan fingerprint density at radius 3 is 2.60 bits per heavy atom. The Labute approximate surface area is 171 Å². The van der Waals surface area contributed by atoms with E-state index in [1.54, 1.807) is 6.33 Å². The zero-order valence-corrected chi connectivity index (χ0v) is 16.2. The molecule has 0 saturated heterocycles. The monoisotopic (exact) mass is 398 g/mol. The zero-order valence-electron chi connectivity index (χ0n) is 16.2. The van der Waals surface area contributed by atoms with Crippen LogP contribution in [-0.2, 0) is 13.0 Å². The van der Waals surface area contributed by atoms with Crippen LogP contribution in [0.1, 0.15) is 18.3 Å². The summed E-state index contributed by atoms with van der Waals surface area (Å²) < 4.78 is 1.85. The molecule has 148 valence electrons. The maximum atomic E-state index is 10.3. The number of hydrogen-bond acceptors (Lipinski definition) is 7. The molecular formula is C21H18N8O. The maximum absolute atomic E-state index is 10.3. The second kappa shape index (κ2) is 7.36. The van der Waals surface area contributed by atoms with E-state index in [4.69, 9.17) is 0 Å². The largest absolute Gasteiger partial charge is 0.492 e. The molecule has 5 rings (SSSR count). The molecule has 3 aromatic heterocycles. The fraction of sp³-hybridized carbons (Fsp3) is 0.143. The van der Waals surface area contributed by atoms with Gasteiger partial charge in [-0.15, -0.1) is 15.0 Å². The summed E-state index contributed by atoms with van der Waals surface area (Å²) in [4.78, 5) is 14.4. The van der Waals surface area contributed by atoms with E-state index in [1.807, 2.05) is 47.9 Å². The van der Waals surface area contributed by atoms with Gasteiger partial charge in [0.1, 0.15) is 5.82 Å². The van der Waals surface area contributed by atoms with Crippen LogP contribution in [0.4, 0.5) is 0 Å². The number of imidazole rings is 1. The average Bonchev–Trinajstić information content (AvgIpc) is 3.45. The molecule has 0 fully saturated rings. The Morgan fingerprint density at radius 1 is 1.00 bits per heavy atom. The van der Waals surface area contributed by atoms with Crippen LogP contribution >= 0.6 is 0 Å². The van der Waals surface area contributed by atoms with Gasteiger partial charge in [0.15, 0.2) is 17.5 Å². The first-order valence-electron chi connectivity index (χ1n) is 9.55. The van der Waals surface area contributed by atoms with E-state index in [9.17, 15) is 5.11 Å². The van der Waals surface area contributed by atoms with Crippen molar-refractivity contribution in [1.29, 1.82) is 0 Å². The third-order valence-corrected chi connectivity index (χ3v) is 4.90. The number of aromatic hydroxyl groups is 1. The van der Waals surface area contributed by atoms with Gasteiger partial charge in [-0.3, -0.25) is 0 Å². The van der Waals surface area contributed by atoms with Gasteiger partial charge in [-0.2, -0.15) is 4.98 Å². The Morgan fingerprint density at radius 2 is 1.83 bits per heavy atom. The molecule has 30 heavy (non-hydrogen) atoms. The number of nitrogens with zero attached hydrogens (tertiary/aromatic N) is 8. The number of rotatable bonds is 5. The van der Waals surface area contributed by atoms with Crippen molar-refractivity contribution in [3.05, 3.63) is 72.6 Å². The van der Waals surface area contributed by atoms with Crippen molar-refractivity contribution in [3.63, 3.8) is 0 Å². The van der Waals surface area contributed by atoms with E-state index in [0.717, 1.165) is 22.4 Å². The molecule has 0 atom stereocenters. The van der Waals surface area contributed by atoms with Crippen molar-refractivity contribution >= 4 is 11.2 Å². The fourth-order valence-electron chi connectivity index (χ4n) is 3.44. The van der Waals surface area contributed by atoms with Crippen LogP contribution in [-0.4, -0.2) is 44.8 Å². The molecule has 0 radical (unpaired) electrons. The predicted molar refractivity (Wildman–Crippen MR) is 110 cm³/mol. The first-order valence-corrected chi connectivity index (χ1v) is 9.55. The van der Waals surface area contributed by atoms with Gasteiger partial charge in [0.2, 0.25) is 5.88 Å². The lowest BCUT2D eigenvalue weighted by Crippen LogP contribution is -2.02. The van der Waals surface area contributed by atoms with Gasteiger partial charge in [0, 0.05) is 18.5 Å². The van der Waals surface area contributed by atoms with Gasteiger partial charge in [-0.1, -0.05) is 49.4 Å². The zero-order chi connectivity index (χ0) is 20.5. The molecule has 0 aliphatic heterocycles. The summed E-state index contributed by atoms with van der Waals surface area (Å²) in [5.41, 5.74) is 5.02. The van der Waals surface area contributed by atoms with Crippen LogP contribution in [0.5, 0.6) is 5.88 Å². The van der Waals surface area contributed by atoms with E-state index in [-0.39, 0.29) is 5.88 Å². The second-order valence-corrected chi connectivity index (χ2v) is 6.80. The van der Waals surface area contributed by atoms with Gasteiger partial charge in [0.25, 0.3) is 0 Å². The summed E-state index contributed by atoms with van der Waals surface area (Å²) in [5.74, 6) is 0.537. The van der Waals surface area contributed by atoms with Crippen LogP contribution in [0.15, 0.2) is 61.2 Å². The van der Waals surface area contributed by atoms with Crippen molar-refractivity contribution in [2.45, 2.75) is 19.9 Å². The van der Waals surface area contributed by atoms with E-state index in [2.05, 4.69) is 42.5 Å². The third-order valence-electron chi connectivity index (χ3n) is 4.90. The summed E-state index contributed by atoms with van der Waals surface area (Å²) in [6.07, 6.45) is 3.74. The molecule has 1 N–H and O–H groups in total. The van der Waals surface area contributed by atoms with Crippen LogP contribution < -0.4 is 0 Å². The van der Waals surface area contributed by atoms with Gasteiger partial charge in [0.05, 0.1) is 12.0 Å². The van der Waals surface area contributed by atoms with E-state index in [1.165, 1.54) is 11.1 Å². The number of aromatic nitrogens is 8. The highest BCUT2D eigenvalue weighted by Gasteiger charge is 2.13. The van der Waals surface area contributed by atoms with Crippen molar-refractivity contribution in [3.8, 4) is 22.7 Å². The van der Waals surface area contributed by atoms with Gasteiger partial charge in [-0.05, 0) is 22.4 Å². The van der Waals surface area contributed by atoms with Crippen LogP contribution in [0.2, 0.25) is 0 Å². The van der Waals surface area contributed by atoms with Crippen molar-refractivity contribution in [2.24, 2.45) is 0 Å². The highest BCUT2D eigenvalue weighted by Crippen LogP contribution is 2.27. The Hall–Kier alpha value is -4.14. The summed E-state index contributed by atoms with van der Waals surface area (Å²) in [6.45, 7) is 2.49. The highest BCUT2D eigenvalue weighted by atomic mass is 16.3. The normalized spacial score (nSPS) is 11.2. The Kier molecular flexibility index (Phi) is 4.40. The van der Waals surface area contributed by atoms with Gasteiger partial charge in [-0.25, -0.2) is 9.97 Å². The lowest BCUT2D eigenvalue weighted by molar-refractivity contribution is 0.453. The van der Waals surface area contributed by atoms with E-state index < -0.39 is 0 Å². The molecule has 0 aliphatic carbocycles. The lowest BCUT2D eigenvalue weighted by Gasteiger charge is -2.10. The number of tetrazole rings is 1. The molecule has 0 spiro atoms.